The Morgan fingerprint density at radius 2 is 2.12 bits per heavy atom. The van der Waals surface area contributed by atoms with E-state index < -0.39 is 23.2 Å². The van der Waals surface area contributed by atoms with Gasteiger partial charge in [0.05, 0.1) is 25.2 Å². The topological polar surface area (TPSA) is 119 Å². The number of thioether (sulfide) groups is 1. The number of carbonyl (C=O) groups is 3. The van der Waals surface area contributed by atoms with Crippen LogP contribution in [0.4, 0.5) is 5.69 Å². The van der Waals surface area contributed by atoms with Crippen molar-refractivity contribution in [1.29, 1.82) is 0 Å². The van der Waals surface area contributed by atoms with Crippen LogP contribution in [0.1, 0.15) is 6.42 Å². The van der Waals surface area contributed by atoms with E-state index in [0.29, 0.717) is 17.2 Å². The minimum atomic E-state index is -1.15. The van der Waals surface area contributed by atoms with Gasteiger partial charge in [0.1, 0.15) is 17.5 Å². The third kappa shape index (κ3) is 3.62. The highest BCUT2D eigenvalue weighted by atomic mass is 32.2. The number of ether oxygens (including phenoxy) is 2. The van der Waals surface area contributed by atoms with Crippen LogP contribution in [-0.4, -0.2) is 54.2 Å². The predicted octanol–water partition coefficient (Wildman–Crippen LogP) is 0.481. The quantitative estimate of drug-likeness (QED) is 0.679. The molecule has 3 N–H and O–H groups in total. The van der Waals surface area contributed by atoms with Crippen LogP contribution >= 0.6 is 11.8 Å². The van der Waals surface area contributed by atoms with E-state index in [1.165, 1.54) is 14.2 Å². The summed E-state index contributed by atoms with van der Waals surface area (Å²) in [5, 5.41) is 8.13. The smallest absolute Gasteiger partial charge is 0.321 e. The first-order chi connectivity index (χ1) is 11.4. The van der Waals surface area contributed by atoms with E-state index in [9.17, 15) is 14.4 Å². The Morgan fingerprint density at radius 1 is 1.42 bits per heavy atom. The van der Waals surface area contributed by atoms with E-state index in [2.05, 4.69) is 0 Å². The van der Waals surface area contributed by atoms with E-state index in [-0.39, 0.29) is 18.1 Å². The molecule has 1 aliphatic heterocycles. The van der Waals surface area contributed by atoms with Crippen LogP contribution in [0.25, 0.3) is 0 Å². The van der Waals surface area contributed by atoms with Crippen molar-refractivity contribution in [3.63, 3.8) is 0 Å². The molecule has 130 valence electrons. The van der Waals surface area contributed by atoms with Gasteiger partial charge in [-0.1, -0.05) is 0 Å². The summed E-state index contributed by atoms with van der Waals surface area (Å²) in [5.41, 5.74) is 5.77. The third-order valence-electron chi connectivity index (χ3n) is 3.53. The Hall–Kier alpha value is -2.26. The highest BCUT2D eigenvalue weighted by Crippen LogP contribution is 2.37. The molecule has 0 saturated carbocycles. The fourth-order valence-electron chi connectivity index (χ4n) is 2.25. The molecule has 0 aliphatic carbocycles. The molecule has 2 amide bonds. The van der Waals surface area contributed by atoms with E-state index in [1.54, 1.807) is 18.2 Å². The van der Waals surface area contributed by atoms with Crippen LogP contribution < -0.4 is 20.1 Å². The van der Waals surface area contributed by atoms with Crippen molar-refractivity contribution < 1.29 is 29.0 Å². The summed E-state index contributed by atoms with van der Waals surface area (Å²) in [6.45, 7) is 0. The number of anilines is 1. The molecule has 1 aliphatic rings. The van der Waals surface area contributed by atoms with Gasteiger partial charge in [0.15, 0.2) is 0 Å². The summed E-state index contributed by atoms with van der Waals surface area (Å²) in [4.78, 5) is 36.6. The Bertz CT molecular complexity index is 665. The molecule has 0 bridgehead atoms. The van der Waals surface area contributed by atoms with Gasteiger partial charge in [0.2, 0.25) is 11.8 Å². The Balaban J connectivity index is 2.19. The number of carboxylic acid groups (broad SMARTS) is 1. The number of imide groups is 1. The fraction of sp³-hybridized carbons (Fsp3) is 0.400. The minimum Gasteiger partial charge on any atom is -0.497 e. The van der Waals surface area contributed by atoms with Crippen molar-refractivity contribution in [1.82, 2.24) is 0 Å². The van der Waals surface area contributed by atoms with Crippen LogP contribution in [0.3, 0.4) is 0 Å². The molecule has 1 aromatic rings. The van der Waals surface area contributed by atoms with Crippen LogP contribution in [0.5, 0.6) is 11.5 Å². The van der Waals surface area contributed by atoms with Gasteiger partial charge in [-0.25, -0.2) is 4.90 Å². The maximum Gasteiger partial charge on any atom is 0.321 e. The lowest BCUT2D eigenvalue weighted by Crippen LogP contribution is -2.35. The average Bonchev–Trinajstić information content (AvgIpc) is 2.85. The number of hydrogen-bond donors (Lipinski definition) is 2. The number of benzene rings is 1. The average molecular weight is 354 g/mol. The first-order valence-electron chi connectivity index (χ1n) is 7.07. The molecular formula is C15H18N2O6S. The number of carboxylic acids is 1. The number of nitrogens with two attached hydrogens (primary N) is 1. The molecule has 1 saturated heterocycles. The first-order valence-corrected chi connectivity index (χ1v) is 8.12. The first kappa shape index (κ1) is 18.1. The van der Waals surface area contributed by atoms with Gasteiger partial charge >= 0.3 is 5.97 Å². The second-order valence-electron chi connectivity index (χ2n) is 5.08. The SMILES string of the molecule is COc1ccc(N2C(=O)CC(SCC(N)C(=O)O)C2=O)c(OC)c1. The predicted molar refractivity (Wildman–Crippen MR) is 88.5 cm³/mol. The molecule has 1 heterocycles. The number of rotatable bonds is 7. The summed E-state index contributed by atoms with van der Waals surface area (Å²) in [7, 11) is 2.93. The summed E-state index contributed by atoms with van der Waals surface area (Å²) >= 11 is 1.07. The van der Waals surface area contributed by atoms with Gasteiger partial charge in [-0.2, -0.15) is 0 Å². The Kier molecular flexibility index (Phi) is 5.68. The Labute approximate surface area is 142 Å². The third-order valence-corrected chi connectivity index (χ3v) is 4.85. The molecule has 0 radical (unpaired) electrons. The van der Waals surface area contributed by atoms with Gasteiger partial charge in [-0.15, -0.1) is 11.8 Å². The molecule has 2 rings (SSSR count). The van der Waals surface area contributed by atoms with E-state index in [1.807, 2.05) is 0 Å². The molecule has 24 heavy (non-hydrogen) atoms. The van der Waals surface area contributed by atoms with E-state index in [0.717, 1.165) is 16.7 Å². The molecule has 2 atom stereocenters. The zero-order chi connectivity index (χ0) is 17.9. The molecule has 2 unspecified atom stereocenters. The highest BCUT2D eigenvalue weighted by molar-refractivity contribution is 8.00. The molecule has 1 aromatic carbocycles. The number of nitrogens with zero attached hydrogens (tertiary/aromatic N) is 1. The number of hydrogen-bond acceptors (Lipinski definition) is 7. The largest absolute Gasteiger partial charge is 0.497 e. The van der Waals surface area contributed by atoms with E-state index >= 15 is 0 Å². The van der Waals surface area contributed by atoms with Crippen molar-refractivity contribution in [3.05, 3.63) is 18.2 Å². The van der Waals surface area contributed by atoms with Crippen molar-refractivity contribution >= 4 is 35.2 Å². The van der Waals surface area contributed by atoms with Gasteiger partial charge < -0.3 is 20.3 Å². The lowest BCUT2D eigenvalue weighted by molar-refractivity contribution is -0.138. The molecule has 1 fully saturated rings. The molecular weight excluding hydrogens is 336 g/mol. The Morgan fingerprint density at radius 3 is 2.71 bits per heavy atom. The standard InChI is InChI=1S/C15H18N2O6S/c1-22-8-3-4-10(11(5-8)23-2)17-13(18)6-12(14(17)19)24-7-9(16)15(20)21/h3-5,9,12H,6-7,16H2,1-2H3,(H,20,21). The summed E-state index contributed by atoms with van der Waals surface area (Å²) in [6, 6.07) is 3.70. The fourth-order valence-corrected chi connectivity index (χ4v) is 3.34. The van der Waals surface area contributed by atoms with Gasteiger partial charge in [0.25, 0.3) is 0 Å². The monoisotopic (exact) mass is 354 g/mol. The number of aliphatic carboxylic acids is 1. The molecule has 0 aromatic heterocycles. The van der Waals surface area contributed by atoms with Gasteiger partial charge in [0, 0.05) is 18.2 Å². The lowest BCUT2D eigenvalue weighted by atomic mass is 10.2. The van der Waals surface area contributed by atoms with Crippen LogP contribution in [0.15, 0.2) is 18.2 Å². The normalized spacial score (nSPS) is 18.6. The zero-order valence-corrected chi connectivity index (χ0v) is 14.0. The highest BCUT2D eigenvalue weighted by Gasteiger charge is 2.41. The van der Waals surface area contributed by atoms with Crippen LogP contribution in [0.2, 0.25) is 0 Å². The van der Waals surface area contributed by atoms with Crippen molar-refractivity contribution in [2.75, 3.05) is 24.9 Å². The number of amides is 2. The van der Waals surface area contributed by atoms with Gasteiger partial charge in [-0.05, 0) is 12.1 Å². The minimum absolute atomic E-state index is 0.00891. The van der Waals surface area contributed by atoms with Crippen LogP contribution in [0, 0.1) is 0 Å². The molecule has 9 heteroatoms. The molecule has 0 spiro atoms. The van der Waals surface area contributed by atoms with E-state index in [4.69, 9.17) is 20.3 Å². The second kappa shape index (κ2) is 7.54. The maximum absolute atomic E-state index is 12.5. The number of carbonyl (C=O) groups excluding carboxylic acids is 2. The maximum atomic E-state index is 12.5. The van der Waals surface area contributed by atoms with Gasteiger partial charge in [-0.3, -0.25) is 14.4 Å². The zero-order valence-electron chi connectivity index (χ0n) is 13.2. The molecule has 8 nitrogen and oxygen atoms in total. The van der Waals surface area contributed by atoms with Crippen LogP contribution in [-0.2, 0) is 14.4 Å². The summed E-state index contributed by atoms with van der Waals surface area (Å²) in [6.07, 6.45) is -0.00891. The summed E-state index contributed by atoms with van der Waals surface area (Å²) in [5.74, 6) is -1.01. The number of methoxy groups -OCH3 is 2. The summed E-state index contributed by atoms with van der Waals surface area (Å²) < 4.78 is 10.3. The second-order valence-corrected chi connectivity index (χ2v) is 6.31. The van der Waals surface area contributed by atoms with Crippen molar-refractivity contribution in [3.8, 4) is 11.5 Å². The lowest BCUT2D eigenvalue weighted by Gasteiger charge is -2.18. The van der Waals surface area contributed by atoms with Crippen molar-refractivity contribution in [2.24, 2.45) is 5.73 Å². The van der Waals surface area contributed by atoms with Crippen molar-refractivity contribution in [2.45, 2.75) is 17.7 Å².